The summed E-state index contributed by atoms with van der Waals surface area (Å²) in [5, 5.41) is 0. The van der Waals surface area contributed by atoms with Crippen molar-refractivity contribution in [2.75, 3.05) is 13.1 Å². The number of benzene rings is 1. The minimum Gasteiger partial charge on any atom is -0.299 e. The van der Waals surface area contributed by atoms with Crippen LogP contribution in [0.25, 0.3) is 0 Å². The van der Waals surface area contributed by atoms with Gasteiger partial charge in [-0.2, -0.15) is 0 Å². The maximum Gasteiger partial charge on any atom is 0.0233 e. The van der Waals surface area contributed by atoms with Crippen molar-refractivity contribution in [3.05, 3.63) is 35.9 Å². The smallest absolute Gasteiger partial charge is 0.0233 e. The van der Waals surface area contributed by atoms with E-state index in [0.717, 1.165) is 18.4 Å². The van der Waals surface area contributed by atoms with E-state index < -0.39 is 0 Å². The zero-order valence-electron chi connectivity index (χ0n) is 11.2. The first-order valence-electron chi connectivity index (χ1n) is 7.06. The van der Waals surface area contributed by atoms with Gasteiger partial charge in [0.15, 0.2) is 0 Å². The summed E-state index contributed by atoms with van der Waals surface area (Å²) in [6.45, 7) is 8.43. The summed E-state index contributed by atoms with van der Waals surface area (Å²) < 4.78 is 0. The summed E-state index contributed by atoms with van der Waals surface area (Å²) in [7, 11) is 0. The Labute approximate surface area is 106 Å². The fourth-order valence-electron chi connectivity index (χ4n) is 2.86. The number of nitrogens with zero attached hydrogens (tertiary/aromatic N) is 1. The van der Waals surface area contributed by atoms with Crippen LogP contribution in [-0.2, 0) is 6.54 Å². The standard InChI is InChI=1S/C16H25N/c1-3-14(2)16-9-11-17(12-10-16)13-15-7-5-4-6-8-15/h4-8,14,16H,3,9-13H2,1-2H3. The van der Waals surface area contributed by atoms with Crippen LogP contribution in [0.15, 0.2) is 30.3 Å². The Balaban J connectivity index is 1.80. The molecule has 0 spiro atoms. The average Bonchev–Trinajstić information content (AvgIpc) is 2.40. The van der Waals surface area contributed by atoms with Crippen LogP contribution in [0.2, 0.25) is 0 Å². The van der Waals surface area contributed by atoms with E-state index in [9.17, 15) is 0 Å². The maximum absolute atomic E-state index is 2.61. The lowest BCUT2D eigenvalue weighted by molar-refractivity contribution is 0.145. The van der Waals surface area contributed by atoms with Crippen molar-refractivity contribution in [2.45, 2.75) is 39.7 Å². The normalized spacial score (nSPS) is 20.4. The van der Waals surface area contributed by atoms with E-state index in [1.165, 1.54) is 37.9 Å². The topological polar surface area (TPSA) is 3.24 Å². The van der Waals surface area contributed by atoms with Crippen molar-refractivity contribution in [1.82, 2.24) is 4.90 Å². The summed E-state index contributed by atoms with van der Waals surface area (Å²) in [5.74, 6) is 1.88. The molecule has 0 N–H and O–H groups in total. The number of piperidine rings is 1. The second-order valence-electron chi connectivity index (χ2n) is 5.48. The Morgan fingerprint density at radius 2 is 1.82 bits per heavy atom. The predicted molar refractivity (Wildman–Crippen MR) is 73.9 cm³/mol. The Morgan fingerprint density at radius 3 is 2.41 bits per heavy atom. The third-order valence-electron chi connectivity index (χ3n) is 4.33. The quantitative estimate of drug-likeness (QED) is 0.758. The zero-order valence-corrected chi connectivity index (χ0v) is 11.2. The Kier molecular flexibility index (Phi) is 4.61. The Morgan fingerprint density at radius 1 is 1.18 bits per heavy atom. The molecule has 1 fully saturated rings. The van der Waals surface area contributed by atoms with Gasteiger partial charge in [-0.1, -0.05) is 50.6 Å². The summed E-state index contributed by atoms with van der Waals surface area (Å²) >= 11 is 0. The van der Waals surface area contributed by atoms with E-state index in [4.69, 9.17) is 0 Å². The van der Waals surface area contributed by atoms with Crippen molar-refractivity contribution < 1.29 is 0 Å². The second-order valence-corrected chi connectivity index (χ2v) is 5.48. The molecular weight excluding hydrogens is 206 g/mol. The first kappa shape index (κ1) is 12.6. The molecule has 1 heteroatoms. The summed E-state index contributed by atoms with van der Waals surface area (Å²) in [6, 6.07) is 10.8. The van der Waals surface area contributed by atoms with Gasteiger partial charge in [0.25, 0.3) is 0 Å². The molecule has 0 radical (unpaired) electrons. The maximum atomic E-state index is 2.61. The highest BCUT2D eigenvalue weighted by Gasteiger charge is 2.22. The van der Waals surface area contributed by atoms with Gasteiger partial charge in [0.2, 0.25) is 0 Å². The molecule has 17 heavy (non-hydrogen) atoms. The van der Waals surface area contributed by atoms with Crippen molar-refractivity contribution in [3.8, 4) is 0 Å². The highest BCUT2D eigenvalue weighted by molar-refractivity contribution is 5.14. The van der Waals surface area contributed by atoms with Crippen LogP contribution in [-0.4, -0.2) is 18.0 Å². The molecular formula is C16H25N. The van der Waals surface area contributed by atoms with Crippen LogP contribution >= 0.6 is 0 Å². The molecule has 0 bridgehead atoms. The third-order valence-corrected chi connectivity index (χ3v) is 4.33. The fourth-order valence-corrected chi connectivity index (χ4v) is 2.86. The molecule has 0 aromatic heterocycles. The molecule has 1 atom stereocenters. The predicted octanol–water partition coefficient (Wildman–Crippen LogP) is 3.94. The molecule has 1 heterocycles. The van der Waals surface area contributed by atoms with E-state index in [0.29, 0.717) is 0 Å². The molecule has 2 rings (SSSR count). The van der Waals surface area contributed by atoms with Gasteiger partial charge in [-0.3, -0.25) is 4.90 Å². The Bertz CT molecular complexity index is 312. The summed E-state index contributed by atoms with van der Waals surface area (Å²) in [5.41, 5.74) is 1.45. The van der Waals surface area contributed by atoms with E-state index in [1.54, 1.807) is 0 Å². The molecule has 94 valence electrons. The molecule has 0 saturated carbocycles. The minimum absolute atomic E-state index is 0.911. The van der Waals surface area contributed by atoms with Gasteiger partial charge in [0.05, 0.1) is 0 Å². The van der Waals surface area contributed by atoms with Gasteiger partial charge >= 0.3 is 0 Å². The second kappa shape index (κ2) is 6.20. The highest BCUT2D eigenvalue weighted by atomic mass is 15.1. The molecule has 1 aromatic rings. The monoisotopic (exact) mass is 231 g/mol. The van der Waals surface area contributed by atoms with E-state index >= 15 is 0 Å². The van der Waals surface area contributed by atoms with Crippen molar-refractivity contribution in [3.63, 3.8) is 0 Å². The lowest BCUT2D eigenvalue weighted by Gasteiger charge is -2.34. The van der Waals surface area contributed by atoms with Crippen LogP contribution in [0.5, 0.6) is 0 Å². The van der Waals surface area contributed by atoms with Crippen LogP contribution < -0.4 is 0 Å². The molecule has 1 aromatic carbocycles. The van der Waals surface area contributed by atoms with Gasteiger partial charge in [0.1, 0.15) is 0 Å². The molecule has 1 nitrogen and oxygen atoms in total. The van der Waals surface area contributed by atoms with Gasteiger partial charge in [-0.05, 0) is 43.3 Å². The number of rotatable bonds is 4. The molecule has 1 aliphatic heterocycles. The first-order chi connectivity index (χ1) is 8.29. The SMILES string of the molecule is CCC(C)C1CCN(Cc2ccccc2)CC1. The van der Waals surface area contributed by atoms with Crippen LogP contribution in [0, 0.1) is 11.8 Å². The van der Waals surface area contributed by atoms with E-state index in [-0.39, 0.29) is 0 Å². The lowest BCUT2D eigenvalue weighted by atomic mass is 9.84. The number of hydrogen-bond acceptors (Lipinski definition) is 1. The van der Waals surface area contributed by atoms with Crippen LogP contribution in [0.3, 0.4) is 0 Å². The van der Waals surface area contributed by atoms with Gasteiger partial charge in [-0.15, -0.1) is 0 Å². The zero-order chi connectivity index (χ0) is 12.1. The van der Waals surface area contributed by atoms with Crippen molar-refractivity contribution in [2.24, 2.45) is 11.8 Å². The molecule has 0 aliphatic carbocycles. The van der Waals surface area contributed by atoms with Crippen molar-refractivity contribution >= 4 is 0 Å². The van der Waals surface area contributed by atoms with Gasteiger partial charge in [-0.25, -0.2) is 0 Å². The van der Waals surface area contributed by atoms with Crippen molar-refractivity contribution in [1.29, 1.82) is 0 Å². The fraction of sp³-hybridized carbons (Fsp3) is 0.625. The van der Waals surface area contributed by atoms with Crippen LogP contribution in [0.4, 0.5) is 0 Å². The molecule has 1 saturated heterocycles. The van der Waals surface area contributed by atoms with E-state index in [1.807, 2.05) is 0 Å². The minimum atomic E-state index is 0.911. The first-order valence-corrected chi connectivity index (χ1v) is 7.06. The number of hydrogen-bond donors (Lipinski definition) is 0. The molecule has 1 aliphatic rings. The van der Waals surface area contributed by atoms with Gasteiger partial charge in [0, 0.05) is 6.54 Å². The van der Waals surface area contributed by atoms with Gasteiger partial charge < -0.3 is 0 Å². The highest BCUT2D eigenvalue weighted by Crippen LogP contribution is 2.27. The number of likely N-dealkylation sites (tertiary alicyclic amines) is 1. The molecule has 1 unspecified atom stereocenters. The van der Waals surface area contributed by atoms with Crippen LogP contribution in [0.1, 0.15) is 38.7 Å². The Hall–Kier alpha value is -0.820. The van der Waals surface area contributed by atoms with E-state index in [2.05, 4.69) is 49.1 Å². The molecule has 0 amide bonds. The summed E-state index contributed by atoms with van der Waals surface area (Å²) in [6.07, 6.45) is 4.12. The lowest BCUT2D eigenvalue weighted by Crippen LogP contribution is -2.35. The largest absolute Gasteiger partial charge is 0.299 e. The summed E-state index contributed by atoms with van der Waals surface area (Å²) in [4.78, 5) is 2.61. The average molecular weight is 231 g/mol. The third kappa shape index (κ3) is 3.57.